The van der Waals surface area contributed by atoms with Crippen LogP contribution in [0, 0.1) is 11.7 Å². The SMILES string of the molecule is CC(C)[C@@H](O)c1cc(F)cnc1Cl. The van der Waals surface area contributed by atoms with Crippen LogP contribution < -0.4 is 0 Å². The van der Waals surface area contributed by atoms with Gasteiger partial charge in [0, 0.05) is 5.56 Å². The molecule has 13 heavy (non-hydrogen) atoms. The first-order valence-electron chi connectivity index (χ1n) is 4.01. The van der Waals surface area contributed by atoms with Gasteiger partial charge in [-0.3, -0.25) is 0 Å². The van der Waals surface area contributed by atoms with Gasteiger partial charge in [0.05, 0.1) is 12.3 Å². The molecule has 1 atom stereocenters. The van der Waals surface area contributed by atoms with E-state index in [9.17, 15) is 9.50 Å². The molecule has 1 N–H and O–H groups in total. The van der Waals surface area contributed by atoms with E-state index >= 15 is 0 Å². The van der Waals surface area contributed by atoms with Crippen LogP contribution in [-0.2, 0) is 0 Å². The summed E-state index contributed by atoms with van der Waals surface area (Å²) in [5.74, 6) is -0.500. The summed E-state index contributed by atoms with van der Waals surface area (Å²) in [5.41, 5.74) is 0.344. The second-order valence-corrected chi connectivity index (χ2v) is 3.58. The van der Waals surface area contributed by atoms with Crippen molar-refractivity contribution in [2.24, 2.45) is 5.92 Å². The van der Waals surface area contributed by atoms with Crippen LogP contribution >= 0.6 is 11.6 Å². The van der Waals surface area contributed by atoms with E-state index in [1.165, 1.54) is 6.07 Å². The molecular formula is C9H11ClFNO. The lowest BCUT2D eigenvalue weighted by Crippen LogP contribution is -2.07. The van der Waals surface area contributed by atoms with E-state index in [0.717, 1.165) is 6.20 Å². The highest BCUT2D eigenvalue weighted by atomic mass is 35.5. The summed E-state index contributed by atoms with van der Waals surface area (Å²) in [6.45, 7) is 3.65. The van der Waals surface area contributed by atoms with Gasteiger partial charge in [-0.2, -0.15) is 0 Å². The van der Waals surface area contributed by atoms with Crippen LogP contribution in [0.2, 0.25) is 5.15 Å². The molecule has 0 saturated carbocycles. The van der Waals surface area contributed by atoms with Gasteiger partial charge in [0.15, 0.2) is 0 Å². The molecule has 4 heteroatoms. The van der Waals surface area contributed by atoms with Crippen molar-refractivity contribution in [2.75, 3.05) is 0 Å². The molecule has 2 nitrogen and oxygen atoms in total. The number of hydrogen-bond donors (Lipinski definition) is 1. The zero-order valence-corrected chi connectivity index (χ0v) is 8.22. The van der Waals surface area contributed by atoms with Gasteiger partial charge in [0.1, 0.15) is 11.0 Å². The lowest BCUT2D eigenvalue weighted by atomic mass is 10.0. The van der Waals surface area contributed by atoms with Gasteiger partial charge >= 0.3 is 0 Å². The van der Waals surface area contributed by atoms with E-state index in [1.54, 1.807) is 0 Å². The normalized spacial score (nSPS) is 13.4. The number of halogens is 2. The number of hydrogen-bond acceptors (Lipinski definition) is 2. The highest BCUT2D eigenvalue weighted by Gasteiger charge is 2.16. The van der Waals surface area contributed by atoms with Crippen molar-refractivity contribution in [2.45, 2.75) is 20.0 Å². The van der Waals surface area contributed by atoms with Crippen molar-refractivity contribution >= 4 is 11.6 Å². The second kappa shape index (κ2) is 4.03. The molecule has 0 saturated heterocycles. The lowest BCUT2D eigenvalue weighted by Gasteiger charge is -2.15. The van der Waals surface area contributed by atoms with E-state index in [0.29, 0.717) is 5.56 Å². The maximum atomic E-state index is 12.7. The third-order valence-electron chi connectivity index (χ3n) is 1.78. The molecular weight excluding hydrogens is 193 g/mol. The van der Waals surface area contributed by atoms with Crippen molar-refractivity contribution < 1.29 is 9.50 Å². The Hall–Kier alpha value is -0.670. The van der Waals surface area contributed by atoms with Gasteiger partial charge in [-0.25, -0.2) is 9.37 Å². The fourth-order valence-electron chi connectivity index (χ4n) is 1.00. The highest BCUT2D eigenvalue weighted by Crippen LogP contribution is 2.26. The van der Waals surface area contributed by atoms with Crippen LogP contribution in [0.1, 0.15) is 25.5 Å². The van der Waals surface area contributed by atoms with Crippen molar-refractivity contribution in [3.05, 3.63) is 28.8 Å². The van der Waals surface area contributed by atoms with Gasteiger partial charge in [-0.05, 0) is 12.0 Å². The monoisotopic (exact) mass is 203 g/mol. The standard InChI is InChI=1S/C9H11ClFNO/c1-5(2)8(13)7-3-6(11)4-12-9(7)10/h3-5,8,13H,1-2H3/t8-/m1/s1. The van der Waals surface area contributed by atoms with Crippen LogP contribution in [0.5, 0.6) is 0 Å². The van der Waals surface area contributed by atoms with Crippen LogP contribution in [0.25, 0.3) is 0 Å². The van der Waals surface area contributed by atoms with Gasteiger partial charge in [0.25, 0.3) is 0 Å². The number of aliphatic hydroxyl groups excluding tert-OH is 1. The third kappa shape index (κ3) is 2.39. The van der Waals surface area contributed by atoms with Gasteiger partial charge < -0.3 is 5.11 Å². The molecule has 0 bridgehead atoms. The summed E-state index contributed by atoms with van der Waals surface area (Å²) in [5, 5.41) is 9.77. The summed E-state index contributed by atoms with van der Waals surface area (Å²) in [6, 6.07) is 1.21. The maximum absolute atomic E-state index is 12.7. The molecule has 1 rings (SSSR count). The average Bonchev–Trinajstić information content (AvgIpc) is 2.08. The number of pyridine rings is 1. The molecule has 0 unspecified atom stereocenters. The third-order valence-corrected chi connectivity index (χ3v) is 2.10. The topological polar surface area (TPSA) is 33.1 Å². The maximum Gasteiger partial charge on any atom is 0.141 e. The first kappa shape index (κ1) is 10.4. The number of nitrogens with zero attached hydrogens (tertiary/aromatic N) is 1. The predicted octanol–water partition coefficient (Wildman–Crippen LogP) is 2.56. The Morgan fingerprint density at radius 3 is 2.69 bits per heavy atom. The summed E-state index contributed by atoms with van der Waals surface area (Å²) in [4.78, 5) is 3.61. The van der Waals surface area contributed by atoms with E-state index in [2.05, 4.69) is 4.98 Å². The van der Waals surface area contributed by atoms with Crippen molar-refractivity contribution in [3.8, 4) is 0 Å². The fourth-order valence-corrected chi connectivity index (χ4v) is 1.22. The first-order valence-corrected chi connectivity index (χ1v) is 4.39. The molecule has 72 valence electrons. The molecule has 1 aromatic heterocycles. The molecule has 0 aliphatic carbocycles. The number of aliphatic hydroxyl groups is 1. The molecule has 1 heterocycles. The number of rotatable bonds is 2. The Morgan fingerprint density at radius 1 is 1.54 bits per heavy atom. The minimum absolute atomic E-state index is 0.0129. The van der Waals surface area contributed by atoms with Crippen molar-refractivity contribution in [3.63, 3.8) is 0 Å². The fraction of sp³-hybridized carbons (Fsp3) is 0.444. The van der Waals surface area contributed by atoms with Crippen molar-refractivity contribution in [1.29, 1.82) is 0 Å². The van der Waals surface area contributed by atoms with Crippen LogP contribution in [-0.4, -0.2) is 10.1 Å². The first-order chi connectivity index (χ1) is 6.02. The molecule has 0 spiro atoms. The van der Waals surface area contributed by atoms with Crippen LogP contribution in [0.3, 0.4) is 0 Å². The number of aromatic nitrogens is 1. The summed E-state index contributed by atoms with van der Waals surface area (Å²) in [6.07, 6.45) is 0.259. The Morgan fingerprint density at radius 2 is 2.15 bits per heavy atom. The lowest BCUT2D eigenvalue weighted by molar-refractivity contribution is 0.126. The van der Waals surface area contributed by atoms with Gasteiger partial charge in [-0.15, -0.1) is 0 Å². The predicted molar refractivity (Wildman–Crippen MR) is 49.0 cm³/mol. The summed E-state index contributed by atoms with van der Waals surface area (Å²) in [7, 11) is 0. The molecule has 0 aromatic carbocycles. The van der Waals surface area contributed by atoms with E-state index < -0.39 is 11.9 Å². The smallest absolute Gasteiger partial charge is 0.141 e. The van der Waals surface area contributed by atoms with Crippen LogP contribution in [0.4, 0.5) is 4.39 Å². The minimum Gasteiger partial charge on any atom is -0.388 e. The molecule has 0 aliphatic heterocycles. The highest BCUT2D eigenvalue weighted by molar-refractivity contribution is 6.30. The Bertz CT molecular complexity index is 304. The van der Waals surface area contributed by atoms with E-state index in [1.807, 2.05) is 13.8 Å². The molecule has 0 radical (unpaired) electrons. The molecule has 0 amide bonds. The molecule has 1 aromatic rings. The zero-order chi connectivity index (χ0) is 10.0. The Labute approximate surface area is 81.4 Å². The Kier molecular flexibility index (Phi) is 3.22. The summed E-state index contributed by atoms with van der Waals surface area (Å²) < 4.78 is 12.7. The minimum atomic E-state index is -0.768. The van der Waals surface area contributed by atoms with Crippen molar-refractivity contribution in [1.82, 2.24) is 4.98 Å². The van der Waals surface area contributed by atoms with E-state index in [-0.39, 0.29) is 11.1 Å². The quantitative estimate of drug-likeness (QED) is 0.750. The summed E-state index contributed by atoms with van der Waals surface area (Å²) >= 11 is 5.70. The average molecular weight is 204 g/mol. The molecule has 0 fully saturated rings. The molecule has 0 aliphatic rings. The van der Waals surface area contributed by atoms with E-state index in [4.69, 9.17) is 11.6 Å². The largest absolute Gasteiger partial charge is 0.388 e. The zero-order valence-electron chi connectivity index (χ0n) is 7.46. The van der Waals surface area contributed by atoms with Gasteiger partial charge in [-0.1, -0.05) is 25.4 Å². The second-order valence-electron chi connectivity index (χ2n) is 3.22. The van der Waals surface area contributed by atoms with Gasteiger partial charge in [0.2, 0.25) is 0 Å². The van der Waals surface area contributed by atoms with Crippen LogP contribution in [0.15, 0.2) is 12.3 Å². The Balaban J connectivity index is 3.05.